The maximum Gasteiger partial charge on any atom is 0.0580 e. The molecule has 82 valence electrons. The van der Waals surface area contributed by atoms with Gasteiger partial charge in [-0.3, -0.25) is 0 Å². The quantitative estimate of drug-likeness (QED) is 0.813. The van der Waals surface area contributed by atoms with Crippen LogP contribution in [0.5, 0.6) is 0 Å². The summed E-state index contributed by atoms with van der Waals surface area (Å²) in [5.74, 6) is 0.907. The van der Waals surface area contributed by atoms with E-state index in [1.54, 1.807) is 0 Å². The van der Waals surface area contributed by atoms with Gasteiger partial charge in [0, 0.05) is 5.02 Å². The predicted molar refractivity (Wildman–Crippen MR) is 63.1 cm³/mol. The van der Waals surface area contributed by atoms with Crippen molar-refractivity contribution in [2.45, 2.75) is 38.2 Å². The van der Waals surface area contributed by atoms with Crippen molar-refractivity contribution in [1.29, 1.82) is 0 Å². The van der Waals surface area contributed by atoms with Crippen LogP contribution in [0.3, 0.4) is 0 Å². The molecule has 0 spiro atoms. The minimum absolute atomic E-state index is 0.188. The maximum atomic E-state index is 9.82. The summed E-state index contributed by atoms with van der Waals surface area (Å²) < 4.78 is 0. The normalized spacial score (nSPS) is 17.7. The van der Waals surface area contributed by atoms with Crippen molar-refractivity contribution in [2.75, 3.05) is 0 Å². The van der Waals surface area contributed by atoms with Gasteiger partial charge >= 0.3 is 0 Å². The van der Waals surface area contributed by atoms with E-state index in [9.17, 15) is 5.11 Å². The second-order valence-electron chi connectivity index (χ2n) is 4.51. The highest BCUT2D eigenvalue weighted by molar-refractivity contribution is 6.30. The molecule has 0 heterocycles. The van der Waals surface area contributed by atoms with Gasteiger partial charge in [-0.25, -0.2) is 0 Å². The topological polar surface area (TPSA) is 20.2 Å². The highest BCUT2D eigenvalue weighted by atomic mass is 35.5. The van der Waals surface area contributed by atoms with Crippen molar-refractivity contribution < 1.29 is 5.11 Å². The van der Waals surface area contributed by atoms with E-state index < -0.39 is 0 Å². The standard InChI is InChI=1S/C13H17ClO/c14-12-6-3-11(4-7-12)9-13(15)8-5-10-1-2-10/h3-4,6-7,10,13,15H,1-2,5,8-9H2. The van der Waals surface area contributed by atoms with Gasteiger partial charge in [-0.2, -0.15) is 0 Å². The zero-order chi connectivity index (χ0) is 10.7. The molecule has 0 amide bonds. The number of hydrogen-bond donors (Lipinski definition) is 1. The third-order valence-corrected chi connectivity index (χ3v) is 3.24. The summed E-state index contributed by atoms with van der Waals surface area (Å²) in [7, 11) is 0. The van der Waals surface area contributed by atoms with Gasteiger partial charge in [0.15, 0.2) is 0 Å². The van der Waals surface area contributed by atoms with Gasteiger partial charge in [0.05, 0.1) is 6.10 Å². The molecule has 1 aliphatic carbocycles. The maximum absolute atomic E-state index is 9.82. The van der Waals surface area contributed by atoms with Crippen LogP contribution in [-0.2, 0) is 6.42 Å². The lowest BCUT2D eigenvalue weighted by atomic mass is 10.0. The van der Waals surface area contributed by atoms with Crippen molar-refractivity contribution in [3.63, 3.8) is 0 Å². The summed E-state index contributed by atoms with van der Waals surface area (Å²) in [5.41, 5.74) is 1.17. The van der Waals surface area contributed by atoms with Crippen LogP contribution >= 0.6 is 11.6 Å². The number of rotatable bonds is 5. The zero-order valence-corrected chi connectivity index (χ0v) is 9.58. The molecule has 0 aromatic heterocycles. The molecule has 1 aromatic rings. The first-order chi connectivity index (χ1) is 7.24. The van der Waals surface area contributed by atoms with Crippen LogP contribution in [0.15, 0.2) is 24.3 Å². The lowest BCUT2D eigenvalue weighted by molar-refractivity contribution is 0.160. The van der Waals surface area contributed by atoms with Crippen molar-refractivity contribution in [3.8, 4) is 0 Å². The Labute approximate surface area is 96.1 Å². The average molecular weight is 225 g/mol. The molecule has 0 aliphatic heterocycles. The first kappa shape index (κ1) is 11.0. The first-order valence-electron chi connectivity index (χ1n) is 5.66. The molecule has 0 bridgehead atoms. The number of benzene rings is 1. The van der Waals surface area contributed by atoms with E-state index in [0.717, 1.165) is 23.8 Å². The molecular formula is C13H17ClO. The van der Waals surface area contributed by atoms with Crippen LogP contribution < -0.4 is 0 Å². The lowest BCUT2D eigenvalue weighted by Gasteiger charge is -2.10. The highest BCUT2D eigenvalue weighted by Crippen LogP contribution is 2.34. The summed E-state index contributed by atoms with van der Waals surface area (Å²) in [6, 6.07) is 7.74. The van der Waals surface area contributed by atoms with E-state index in [1.165, 1.54) is 24.8 Å². The molecule has 0 radical (unpaired) electrons. The predicted octanol–water partition coefficient (Wildman–Crippen LogP) is 3.43. The second kappa shape index (κ2) is 5.00. The number of aliphatic hydroxyl groups excluding tert-OH is 1. The van der Waals surface area contributed by atoms with E-state index in [1.807, 2.05) is 24.3 Å². The fraction of sp³-hybridized carbons (Fsp3) is 0.538. The molecular weight excluding hydrogens is 208 g/mol. The third-order valence-electron chi connectivity index (χ3n) is 2.99. The molecule has 1 atom stereocenters. The van der Waals surface area contributed by atoms with Crippen molar-refractivity contribution in [1.82, 2.24) is 0 Å². The zero-order valence-electron chi connectivity index (χ0n) is 8.82. The average Bonchev–Trinajstić information content (AvgIpc) is 3.02. The van der Waals surface area contributed by atoms with Crippen molar-refractivity contribution in [2.24, 2.45) is 5.92 Å². The van der Waals surface area contributed by atoms with E-state index >= 15 is 0 Å². The Kier molecular flexibility index (Phi) is 3.66. The summed E-state index contributed by atoms with van der Waals surface area (Å²) in [6.45, 7) is 0. The summed E-state index contributed by atoms with van der Waals surface area (Å²) in [5, 5.41) is 10.6. The minimum atomic E-state index is -0.188. The molecule has 1 nitrogen and oxygen atoms in total. The van der Waals surface area contributed by atoms with Gasteiger partial charge in [-0.1, -0.05) is 36.6 Å². The lowest BCUT2D eigenvalue weighted by Crippen LogP contribution is -2.10. The number of hydrogen-bond acceptors (Lipinski definition) is 1. The van der Waals surface area contributed by atoms with Crippen LogP contribution in [0.25, 0.3) is 0 Å². The molecule has 15 heavy (non-hydrogen) atoms. The van der Waals surface area contributed by atoms with Gasteiger partial charge in [-0.05, 0) is 42.9 Å². The highest BCUT2D eigenvalue weighted by Gasteiger charge is 2.21. The van der Waals surface area contributed by atoms with Gasteiger partial charge in [0.2, 0.25) is 0 Å². The van der Waals surface area contributed by atoms with Gasteiger partial charge in [0.1, 0.15) is 0 Å². The van der Waals surface area contributed by atoms with Gasteiger partial charge in [0.25, 0.3) is 0 Å². The van der Waals surface area contributed by atoms with Gasteiger partial charge in [-0.15, -0.1) is 0 Å². The molecule has 1 aliphatic rings. The molecule has 2 rings (SSSR count). The number of halogens is 1. The van der Waals surface area contributed by atoms with E-state index in [-0.39, 0.29) is 6.10 Å². The van der Waals surface area contributed by atoms with Crippen molar-refractivity contribution >= 4 is 11.6 Å². The Hall–Kier alpha value is -0.530. The Morgan fingerprint density at radius 3 is 2.53 bits per heavy atom. The summed E-state index contributed by atoms with van der Waals surface area (Å²) in [4.78, 5) is 0. The molecule has 1 fully saturated rings. The minimum Gasteiger partial charge on any atom is -0.393 e. The SMILES string of the molecule is OC(CCC1CC1)Cc1ccc(Cl)cc1. The molecule has 1 unspecified atom stereocenters. The monoisotopic (exact) mass is 224 g/mol. The van der Waals surface area contributed by atoms with E-state index in [4.69, 9.17) is 11.6 Å². The number of aliphatic hydroxyl groups is 1. The molecule has 1 aromatic carbocycles. The van der Waals surface area contributed by atoms with Crippen LogP contribution in [0.1, 0.15) is 31.2 Å². The largest absolute Gasteiger partial charge is 0.393 e. The smallest absolute Gasteiger partial charge is 0.0580 e. The van der Waals surface area contributed by atoms with E-state index in [0.29, 0.717) is 0 Å². The van der Waals surface area contributed by atoms with Crippen LogP contribution in [0, 0.1) is 5.92 Å². The molecule has 2 heteroatoms. The molecule has 1 N–H and O–H groups in total. The van der Waals surface area contributed by atoms with E-state index in [2.05, 4.69) is 0 Å². The molecule has 1 saturated carbocycles. The fourth-order valence-electron chi connectivity index (χ4n) is 1.83. The van der Waals surface area contributed by atoms with Crippen LogP contribution in [-0.4, -0.2) is 11.2 Å². The Morgan fingerprint density at radius 2 is 1.93 bits per heavy atom. The van der Waals surface area contributed by atoms with Crippen molar-refractivity contribution in [3.05, 3.63) is 34.9 Å². The third kappa shape index (κ3) is 3.84. The second-order valence-corrected chi connectivity index (χ2v) is 4.94. The van der Waals surface area contributed by atoms with Crippen LogP contribution in [0.2, 0.25) is 5.02 Å². The van der Waals surface area contributed by atoms with Gasteiger partial charge < -0.3 is 5.11 Å². The Morgan fingerprint density at radius 1 is 1.27 bits per heavy atom. The summed E-state index contributed by atoms with van der Waals surface area (Å²) >= 11 is 5.80. The summed E-state index contributed by atoms with van der Waals surface area (Å²) in [6.07, 6.45) is 5.43. The van der Waals surface area contributed by atoms with Crippen LogP contribution in [0.4, 0.5) is 0 Å². The first-order valence-corrected chi connectivity index (χ1v) is 6.04. The Bertz CT molecular complexity index is 303. The Balaban J connectivity index is 1.76. The fourth-order valence-corrected chi connectivity index (χ4v) is 1.96. The molecule has 0 saturated heterocycles.